The monoisotopic (exact) mass is 368 g/mol. The molecule has 26 heavy (non-hydrogen) atoms. The number of nitrogens with one attached hydrogen (secondary N) is 1. The number of likely N-dealkylation sites (tertiary alicyclic amines) is 1. The molecule has 1 fully saturated rings. The van der Waals surface area contributed by atoms with Gasteiger partial charge >= 0.3 is 0 Å². The zero-order chi connectivity index (χ0) is 17.9. The fourth-order valence-corrected chi connectivity index (χ4v) is 4.44. The minimum absolute atomic E-state index is 0.0322. The minimum Gasteiger partial charge on any atom is -0.354 e. The topological polar surface area (TPSA) is 71.3 Å². The zero-order valence-electron chi connectivity index (χ0n) is 14.5. The number of hydrogen-bond acceptors (Lipinski definition) is 6. The van der Waals surface area contributed by atoms with Crippen LogP contribution in [0.5, 0.6) is 0 Å². The lowest BCUT2D eigenvalue weighted by atomic mass is 10.2. The smallest absolute Gasteiger partial charge is 0.261 e. The third-order valence-electron chi connectivity index (χ3n) is 4.61. The highest BCUT2D eigenvalue weighted by molar-refractivity contribution is 7.14. The normalized spacial score (nSPS) is 17.5. The van der Waals surface area contributed by atoms with Gasteiger partial charge in [-0.15, -0.1) is 11.3 Å². The van der Waals surface area contributed by atoms with E-state index in [1.165, 1.54) is 4.88 Å². The van der Waals surface area contributed by atoms with Crippen LogP contribution < -0.4 is 5.32 Å². The summed E-state index contributed by atoms with van der Waals surface area (Å²) in [5.41, 5.74) is 0.953. The Bertz CT molecular complexity index is 890. The number of thiophene rings is 1. The van der Waals surface area contributed by atoms with E-state index in [0.29, 0.717) is 24.3 Å². The summed E-state index contributed by atoms with van der Waals surface area (Å²) in [5.74, 6) is 1.21. The maximum Gasteiger partial charge on any atom is 0.261 e. The van der Waals surface area contributed by atoms with Crippen molar-refractivity contribution in [3.05, 3.63) is 58.1 Å². The van der Waals surface area contributed by atoms with Crippen LogP contribution in [0.4, 0.5) is 0 Å². The molecule has 0 aliphatic carbocycles. The second-order valence-corrected chi connectivity index (χ2v) is 7.40. The predicted molar refractivity (Wildman–Crippen MR) is 99.8 cm³/mol. The minimum atomic E-state index is -0.0322. The highest BCUT2D eigenvalue weighted by Crippen LogP contribution is 2.36. The third kappa shape index (κ3) is 3.40. The summed E-state index contributed by atoms with van der Waals surface area (Å²) >= 11 is 1.56. The van der Waals surface area contributed by atoms with E-state index in [9.17, 15) is 4.79 Å². The van der Waals surface area contributed by atoms with E-state index in [2.05, 4.69) is 26.4 Å². The van der Waals surface area contributed by atoms with E-state index in [0.717, 1.165) is 29.8 Å². The number of hydrogen-bond donors (Lipinski definition) is 1. The maximum absolute atomic E-state index is 11.8. The molecular weight excluding hydrogens is 348 g/mol. The number of aromatic nitrogens is 2. The number of carbonyl (C=O) groups excluding carboxylic acids is 1. The molecule has 3 aromatic rings. The Kier molecular flexibility index (Phi) is 4.81. The van der Waals surface area contributed by atoms with Crippen LogP contribution in [-0.4, -0.2) is 34.5 Å². The number of carbonyl (C=O) groups is 1. The molecule has 0 spiro atoms. The molecule has 1 saturated heterocycles. The molecule has 0 radical (unpaired) electrons. The van der Waals surface area contributed by atoms with Crippen molar-refractivity contribution in [2.24, 2.45) is 0 Å². The largest absolute Gasteiger partial charge is 0.354 e. The SMILES string of the molecule is CNC(=O)c1ccc([C@H]2CCCN2Cc2nc(-c3ccccc3)no2)s1. The first-order chi connectivity index (χ1) is 12.7. The lowest BCUT2D eigenvalue weighted by molar-refractivity contribution is 0.0967. The second kappa shape index (κ2) is 7.39. The van der Waals surface area contributed by atoms with Gasteiger partial charge in [0.05, 0.1) is 11.4 Å². The first kappa shape index (κ1) is 16.9. The Labute approximate surface area is 155 Å². The van der Waals surface area contributed by atoms with Crippen molar-refractivity contribution in [1.82, 2.24) is 20.4 Å². The molecule has 3 heterocycles. The molecule has 0 saturated carbocycles. The second-order valence-electron chi connectivity index (χ2n) is 6.29. The Morgan fingerprint density at radius 2 is 2.15 bits per heavy atom. The number of rotatable bonds is 5. The van der Waals surface area contributed by atoms with Crippen LogP contribution in [0.3, 0.4) is 0 Å². The number of amides is 1. The van der Waals surface area contributed by atoms with Crippen LogP contribution in [0, 0.1) is 0 Å². The van der Waals surface area contributed by atoms with E-state index >= 15 is 0 Å². The Morgan fingerprint density at radius 1 is 1.31 bits per heavy atom. The molecule has 4 rings (SSSR count). The summed E-state index contributed by atoms with van der Waals surface area (Å²) in [6.45, 7) is 1.61. The zero-order valence-corrected chi connectivity index (χ0v) is 15.3. The Balaban J connectivity index is 1.48. The van der Waals surface area contributed by atoms with E-state index < -0.39 is 0 Å². The van der Waals surface area contributed by atoms with Gasteiger partial charge in [0.15, 0.2) is 0 Å². The quantitative estimate of drug-likeness (QED) is 0.746. The molecule has 7 heteroatoms. The van der Waals surface area contributed by atoms with E-state index in [1.807, 2.05) is 36.4 Å². The van der Waals surface area contributed by atoms with E-state index in [1.54, 1.807) is 18.4 Å². The highest BCUT2D eigenvalue weighted by atomic mass is 32.1. The van der Waals surface area contributed by atoms with Crippen LogP contribution in [0.15, 0.2) is 47.0 Å². The summed E-state index contributed by atoms with van der Waals surface area (Å²) in [6, 6.07) is 14.1. The molecule has 134 valence electrons. The van der Waals surface area contributed by atoms with Crippen molar-refractivity contribution in [3.63, 3.8) is 0 Å². The molecule has 0 bridgehead atoms. The summed E-state index contributed by atoms with van der Waals surface area (Å²) < 4.78 is 5.46. The van der Waals surface area contributed by atoms with Crippen LogP contribution in [0.25, 0.3) is 11.4 Å². The lowest BCUT2D eigenvalue weighted by Gasteiger charge is -2.21. The average molecular weight is 368 g/mol. The molecule has 1 amide bonds. The van der Waals surface area contributed by atoms with Gasteiger partial charge in [0.2, 0.25) is 11.7 Å². The van der Waals surface area contributed by atoms with Crippen LogP contribution in [0.1, 0.15) is 39.3 Å². The van der Waals surface area contributed by atoms with Gasteiger partial charge in [0.25, 0.3) is 5.91 Å². The molecule has 1 aliphatic heterocycles. The third-order valence-corrected chi connectivity index (χ3v) is 5.79. The van der Waals surface area contributed by atoms with Crippen molar-refractivity contribution in [2.75, 3.05) is 13.6 Å². The molecule has 1 N–H and O–H groups in total. The summed E-state index contributed by atoms with van der Waals surface area (Å²) in [5, 5.41) is 6.78. The van der Waals surface area contributed by atoms with Gasteiger partial charge in [-0.05, 0) is 31.5 Å². The fourth-order valence-electron chi connectivity index (χ4n) is 3.31. The Morgan fingerprint density at radius 3 is 2.96 bits per heavy atom. The van der Waals surface area contributed by atoms with Crippen LogP contribution >= 0.6 is 11.3 Å². The number of nitrogens with zero attached hydrogens (tertiary/aromatic N) is 3. The van der Waals surface area contributed by atoms with Crippen molar-refractivity contribution in [3.8, 4) is 11.4 Å². The highest BCUT2D eigenvalue weighted by Gasteiger charge is 2.29. The summed E-state index contributed by atoms with van der Waals surface area (Å²) in [4.78, 5) is 20.7. The molecule has 1 aromatic carbocycles. The fraction of sp³-hybridized carbons (Fsp3) is 0.316. The van der Waals surface area contributed by atoms with Crippen molar-refractivity contribution in [2.45, 2.75) is 25.4 Å². The molecule has 0 unspecified atom stereocenters. The number of benzene rings is 1. The molecule has 6 nitrogen and oxygen atoms in total. The van der Waals surface area contributed by atoms with Gasteiger partial charge in [0, 0.05) is 23.5 Å². The van der Waals surface area contributed by atoms with Gasteiger partial charge in [-0.2, -0.15) is 4.98 Å². The van der Waals surface area contributed by atoms with Crippen LogP contribution in [0.2, 0.25) is 0 Å². The van der Waals surface area contributed by atoms with Gasteiger partial charge in [-0.25, -0.2) is 0 Å². The van der Waals surface area contributed by atoms with Crippen LogP contribution in [-0.2, 0) is 6.54 Å². The van der Waals surface area contributed by atoms with Gasteiger partial charge in [-0.3, -0.25) is 9.69 Å². The van der Waals surface area contributed by atoms with Gasteiger partial charge < -0.3 is 9.84 Å². The first-order valence-corrected chi connectivity index (χ1v) is 9.50. The predicted octanol–water partition coefficient (Wildman–Crippen LogP) is 3.49. The Hall–Kier alpha value is -2.51. The van der Waals surface area contributed by atoms with E-state index in [-0.39, 0.29) is 5.91 Å². The maximum atomic E-state index is 11.8. The molecule has 2 aromatic heterocycles. The summed E-state index contributed by atoms with van der Waals surface area (Å²) in [6.07, 6.45) is 2.20. The first-order valence-electron chi connectivity index (χ1n) is 8.68. The van der Waals surface area contributed by atoms with Crippen molar-refractivity contribution >= 4 is 17.2 Å². The molecule has 1 aliphatic rings. The molecular formula is C19H20N4O2S. The molecule has 1 atom stereocenters. The lowest BCUT2D eigenvalue weighted by Crippen LogP contribution is -2.22. The summed E-state index contributed by atoms with van der Waals surface area (Å²) in [7, 11) is 1.66. The van der Waals surface area contributed by atoms with Gasteiger partial charge in [0.1, 0.15) is 0 Å². The van der Waals surface area contributed by atoms with E-state index in [4.69, 9.17) is 4.52 Å². The standard InChI is InChI=1S/C19H20N4O2S/c1-20-19(24)16-10-9-15(26-16)14-8-5-11-23(14)12-17-21-18(22-25-17)13-6-3-2-4-7-13/h2-4,6-7,9-10,14H,5,8,11-12H2,1H3,(H,20,24)/t14-/m1/s1. The van der Waals surface area contributed by atoms with Crippen molar-refractivity contribution < 1.29 is 9.32 Å². The average Bonchev–Trinajstić information content (AvgIpc) is 3.42. The van der Waals surface area contributed by atoms with Crippen molar-refractivity contribution in [1.29, 1.82) is 0 Å². The van der Waals surface area contributed by atoms with Gasteiger partial charge in [-0.1, -0.05) is 35.5 Å².